The van der Waals surface area contributed by atoms with E-state index in [1.807, 2.05) is 0 Å². The summed E-state index contributed by atoms with van der Waals surface area (Å²) in [4.78, 5) is 24.7. The van der Waals surface area contributed by atoms with Crippen LogP contribution in [0.1, 0.15) is 10.4 Å². The van der Waals surface area contributed by atoms with Gasteiger partial charge < -0.3 is 10.8 Å². The number of pyridine rings is 1. The van der Waals surface area contributed by atoms with E-state index in [0.717, 1.165) is 6.20 Å². The number of hydrogen-bond donors (Lipinski definition) is 2. The molecule has 3 N–H and O–H groups in total. The minimum atomic E-state index is -1.22. The molecule has 0 aliphatic carbocycles. The van der Waals surface area contributed by atoms with Gasteiger partial charge in [0.25, 0.3) is 5.69 Å². The lowest BCUT2D eigenvalue weighted by Crippen LogP contribution is -2.04. The average molecular weight is 233 g/mol. The van der Waals surface area contributed by atoms with Gasteiger partial charge in [-0.3, -0.25) is 15.1 Å². The van der Waals surface area contributed by atoms with E-state index in [-0.39, 0.29) is 22.3 Å². The molecule has 0 atom stereocenters. The summed E-state index contributed by atoms with van der Waals surface area (Å²) in [5.74, 6) is -1.22. The van der Waals surface area contributed by atoms with Crippen LogP contribution < -0.4 is 5.73 Å². The zero-order chi connectivity index (χ0) is 12.6. The van der Waals surface area contributed by atoms with Crippen molar-refractivity contribution in [3.05, 3.63) is 40.1 Å². The van der Waals surface area contributed by atoms with Crippen LogP contribution in [0, 0.1) is 10.1 Å². The molecule has 17 heavy (non-hydrogen) atoms. The van der Waals surface area contributed by atoms with Crippen LogP contribution in [0.4, 0.5) is 11.4 Å². The summed E-state index contributed by atoms with van der Waals surface area (Å²) in [6.07, 6.45) is 1.13. The van der Waals surface area contributed by atoms with Gasteiger partial charge in [-0.1, -0.05) is 0 Å². The third kappa shape index (κ3) is 1.73. The lowest BCUT2D eigenvalue weighted by atomic mass is 10.1. The molecule has 86 valence electrons. The summed E-state index contributed by atoms with van der Waals surface area (Å²) >= 11 is 0. The molecule has 0 fully saturated rings. The molecule has 0 radical (unpaired) electrons. The number of hydrogen-bond acceptors (Lipinski definition) is 5. The first kappa shape index (κ1) is 10.8. The van der Waals surface area contributed by atoms with Crippen LogP contribution in [-0.2, 0) is 0 Å². The average Bonchev–Trinajstić information content (AvgIpc) is 2.28. The highest BCUT2D eigenvalue weighted by molar-refractivity contribution is 6.03. The third-order valence-corrected chi connectivity index (χ3v) is 2.33. The zero-order valence-corrected chi connectivity index (χ0v) is 8.45. The van der Waals surface area contributed by atoms with Gasteiger partial charge in [0.1, 0.15) is 5.56 Å². The molecular weight excluding hydrogens is 226 g/mol. The molecule has 2 aromatic rings. The summed E-state index contributed by atoms with van der Waals surface area (Å²) in [6.45, 7) is 0. The Bertz CT molecular complexity index is 633. The van der Waals surface area contributed by atoms with Crippen molar-refractivity contribution in [3.8, 4) is 0 Å². The SMILES string of the molecule is Nc1c(C(=O)O)cnc2ccc([N+](=O)[O-])cc12. The van der Waals surface area contributed by atoms with E-state index in [1.54, 1.807) is 0 Å². The Hall–Kier alpha value is -2.70. The quantitative estimate of drug-likeness (QED) is 0.597. The van der Waals surface area contributed by atoms with Crippen LogP contribution in [0.15, 0.2) is 24.4 Å². The van der Waals surface area contributed by atoms with Crippen molar-refractivity contribution in [1.82, 2.24) is 4.98 Å². The molecule has 0 unspecified atom stereocenters. The number of aromatic nitrogens is 1. The number of fused-ring (bicyclic) bond motifs is 1. The van der Waals surface area contributed by atoms with E-state index in [2.05, 4.69) is 4.98 Å². The molecule has 2 rings (SSSR count). The molecule has 0 spiro atoms. The fourth-order valence-corrected chi connectivity index (χ4v) is 1.49. The number of nitrogen functional groups attached to an aromatic ring is 1. The number of nitro groups is 1. The van der Waals surface area contributed by atoms with Crippen molar-refractivity contribution < 1.29 is 14.8 Å². The summed E-state index contributed by atoms with van der Waals surface area (Å²) in [5.41, 5.74) is 5.71. The van der Waals surface area contributed by atoms with E-state index in [0.29, 0.717) is 5.52 Å². The number of anilines is 1. The van der Waals surface area contributed by atoms with E-state index >= 15 is 0 Å². The van der Waals surface area contributed by atoms with Crippen molar-refractivity contribution in [3.63, 3.8) is 0 Å². The van der Waals surface area contributed by atoms with Gasteiger partial charge >= 0.3 is 5.97 Å². The van der Waals surface area contributed by atoms with Gasteiger partial charge in [0, 0.05) is 23.7 Å². The minimum Gasteiger partial charge on any atom is -0.478 e. The molecule has 7 heteroatoms. The van der Waals surface area contributed by atoms with Crippen LogP contribution in [0.2, 0.25) is 0 Å². The van der Waals surface area contributed by atoms with E-state index in [9.17, 15) is 14.9 Å². The predicted molar refractivity (Wildman–Crippen MR) is 59.8 cm³/mol. The molecule has 0 bridgehead atoms. The highest BCUT2D eigenvalue weighted by atomic mass is 16.6. The molecule has 1 aromatic heterocycles. The predicted octanol–water partition coefficient (Wildman–Crippen LogP) is 1.42. The highest BCUT2D eigenvalue weighted by Gasteiger charge is 2.14. The van der Waals surface area contributed by atoms with Crippen LogP contribution in [0.5, 0.6) is 0 Å². The molecule has 0 saturated heterocycles. The summed E-state index contributed by atoms with van der Waals surface area (Å²) < 4.78 is 0. The minimum absolute atomic E-state index is 0.0220. The van der Waals surface area contributed by atoms with E-state index in [1.165, 1.54) is 18.2 Å². The van der Waals surface area contributed by atoms with Crippen molar-refractivity contribution in [2.24, 2.45) is 0 Å². The Kier molecular flexibility index (Phi) is 2.36. The largest absolute Gasteiger partial charge is 0.478 e. The topological polar surface area (TPSA) is 119 Å². The van der Waals surface area contributed by atoms with Gasteiger partial charge in [-0.25, -0.2) is 4.79 Å². The number of carbonyl (C=O) groups is 1. The molecule has 1 heterocycles. The van der Waals surface area contributed by atoms with Crippen molar-refractivity contribution in [2.75, 3.05) is 5.73 Å². The molecule has 7 nitrogen and oxygen atoms in total. The smallest absolute Gasteiger partial charge is 0.339 e. The van der Waals surface area contributed by atoms with Crippen LogP contribution in [-0.4, -0.2) is 21.0 Å². The van der Waals surface area contributed by atoms with Gasteiger partial charge in [0.2, 0.25) is 0 Å². The normalized spacial score (nSPS) is 10.4. The number of nitro benzene ring substituents is 1. The maximum absolute atomic E-state index is 10.8. The van der Waals surface area contributed by atoms with Gasteiger partial charge in [-0.05, 0) is 6.07 Å². The third-order valence-electron chi connectivity index (χ3n) is 2.33. The van der Waals surface area contributed by atoms with E-state index < -0.39 is 10.9 Å². The lowest BCUT2D eigenvalue weighted by Gasteiger charge is -2.04. The second-order valence-electron chi connectivity index (χ2n) is 3.35. The Morgan fingerprint density at radius 1 is 1.47 bits per heavy atom. The molecule has 0 aliphatic heterocycles. The first-order valence-electron chi connectivity index (χ1n) is 4.56. The Balaban J connectivity index is 2.78. The van der Waals surface area contributed by atoms with Crippen LogP contribution in [0.3, 0.4) is 0 Å². The first-order chi connectivity index (χ1) is 8.00. The van der Waals surface area contributed by atoms with Gasteiger partial charge in [-0.2, -0.15) is 0 Å². The Morgan fingerprint density at radius 3 is 2.76 bits per heavy atom. The summed E-state index contributed by atoms with van der Waals surface area (Å²) in [5, 5.41) is 19.7. The van der Waals surface area contributed by atoms with Crippen molar-refractivity contribution in [1.29, 1.82) is 0 Å². The number of rotatable bonds is 2. The van der Waals surface area contributed by atoms with Crippen molar-refractivity contribution in [2.45, 2.75) is 0 Å². The van der Waals surface area contributed by atoms with Gasteiger partial charge in [0.05, 0.1) is 16.1 Å². The standard InChI is InChI=1S/C10H7N3O4/c11-9-6-3-5(13(16)17)1-2-8(6)12-4-7(9)10(14)15/h1-4H,(H2,11,12)(H,14,15). The Labute approximate surface area is 94.6 Å². The summed E-state index contributed by atoms with van der Waals surface area (Å²) in [7, 11) is 0. The Morgan fingerprint density at radius 2 is 2.18 bits per heavy atom. The van der Waals surface area contributed by atoms with Crippen molar-refractivity contribution >= 4 is 28.2 Å². The maximum Gasteiger partial charge on any atom is 0.339 e. The lowest BCUT2D eigenvalue weighted by molar-refractivity contribution is -0.384. The monoisotopic (exact) mass is 233 g/mol. The highest BCUT2D eigenvalue weighted by Crippen LogP contribution is 2.26. The van der Waals surface area contributed by atoms with Crippen LogP contribution >= 0.6 is 0 Å². The van der Waals surface area contributed by atoms with Gasteiger partial charge in [-0.15, -0.1) is 0 Å². The fourth-order valence-electron chi connectivity index (χ4n) is 1.49. The van der Waals surface area contributed by atoms with Gasteiger partial charge in [0.15, 0.2) is 0 Å². The number of nitrogens with zero attached hydrogens (tertiary/aromatic N) is 2. The first-order valence-corrected chi connectivity index (χ1v) is 4.56. The zero-order valence-electron chi connectivity index (χ0n) is 8.45. The fraction of sp³-hybridized carbons (Fsp3) is 0. The van der Waals surface area contributed by atoms with Crippen LogP contribution in [0.25, 0.3) is 10.9 Å². The molecule has 0 aliphatic rings. The molecule has 1 aromatic carbocycles. The number of carboxylic acids is 1. The second kappa shape index (κ2) is 3.71. The second-order valence-corrected chi connectivity index (χ2v) is 3.35. The number of carboxylic acid groups (broad SMARTS) is 1. The number of aromatic carboxylic acids is 1. The molecule has 0 saturated carbocycles. The number of benzene rings is 1. The number of non-ortho nitro benzene ring substituents is 1. The summed E-state index contributed by atoms with van der Waals surface area (Å²) in [6, 6.07) is 3.93. The molecule has 0 amide bonds. The number of nitrogens with two attached hydrogens (primary N) is 1. The maximum atomic E-state index is 10.8. The molecular formula is C10H7N3O4. The van der Waals surface area contributed by atoms with E-state index in [4.69, 9.17) is 10.8 Å².